The van der Waals surface area contributed by atoms with E-state index >= 15 is 0 Å². The number of rotatable bonds is 5. The van der Waals surface area contributed by atoms with Gasteiger partial charge in [0.15, 0.2) is 0 Å². The highest BCUT2D eigenvalue weighted by molar-refractivity contribution is 5.95. The van der Waals surface area contributed by atoms with Crippen molar-refractivity contribution < 1.29 is 19.5 Å². The zero-order chi connectivity index (χ0) is 13.5. The van der Waals surface area contributed by atoms with Gasteiger partial charge in [0.05, 0.1) is 6.42 Å². The van der Waals surface area contributed by atoms with E-state index in [2.05, 4.69) is 5.32 Å². The molecule has 0 saturated carbocycles. The first-order valence-electron chi connectivity index (χ1n) is 5.15. The number of carbonyl (C=O) groups excluding carboxylic acids is 2. The average molecular weight is 251 g/mol. The SMILES string of the molecule is NNC(=O)c1ccc(NC(=O)CCC(=O)O)cc1. The number of hydrogen-bond acceptors (Lipinski definition) is 4. The molecule has 0 bridgehead atoms. The van der Waals surface area contributed by atoms with Crippen LogP contribution in [0.5, 0.6) is 0 Å². The molecule has 0 saturated heterocycles. The minimum absolute atomic E-state index is 0.0969. The highest BCUT2D eigenvalue weighted by Crippen LogP contribution is 2.10. The van der Waals surface area contributed by atoms with Crippen molar-refractivity contribution in [3.63, 3.8) is 0 Å². The second kappa shape index (κ2) is 6.36. The Kier molecular flexibility index (Phi) is 4.82. The third kappa shape index (κ3) is 4.22. The normalized spacial score (nSPS) is 9.61. The topological polar surface area (TPSA) is 122 Å². The van der Waals surface area contributed by atoms with Gasteiger partial charge in [0.2, 0.25) is 5.91 Å². The van der Waals surface area contributed by atoms with Crippen molar-refractivity contribution >= 4 is 23.5 Å². The molecule has 5 N–H and O–H groups in total. The van der Waals surface area contributed by atoms with Crippen molar-refractivity contribution in [3.8, 4) is 0 Å². The standard InChI is InChI=1S/C11H13N3O4/c12-14-11(18)7-1-3-8(4-2-7)13-9(15)5-6-10(16)17/h1-4H,5-6,12H2,(H,13,15)(H,14,18)(H,16,17). The smallest absolute Gasteiger partial charge is 0.303 e. The van der Waals surface area contributed by atoms with Gasteiger partial charge in [-0.1, -0.05) is 0 Å². The van der Waals surface area contributed by atoms with E-state index in [-0.39, 0.29) is 12.8 Å². The number of carboxylic acids is 1. The number of hydrazine groups is 1. The van der Waals surface area contributed by atoms with Crippen molar-refractivity contribution in [1.82, 2.24) is 5.43 Å². The van der Waals surface area contributed by atoms with Crippen LogP contribution >= 0.6 is 0 Å². The lowest BCUT2D eigenvalue weighted by Crippen LogP contribution is -2.29. The van der Waals surface area contributed by atoms with E-state index in [0.717, 1.165) is 0 Å². The van der Waals surface area contributed by atoms with Gasteiger partial charge in [-0.2, -0.15) is 0 Å². The molecule has 0 unspecified atom stereocenters. The number of nitrogen functional groups attached to an aromatic ring is 1. The average Bonchev–Trinajstić information content (AvgIpc) is 2.36. The van der Waals surface area contributed by atoms with E-state index in [4.69, 9.17) is 10.9 Å². The number of nitrogens with one attached hydrogen (secondary N) is 2. The highest BCUT2D eigenvalue weighted by Gasteiger charge is 2.07. The third-order valence-electron chi connectivity index (χ3n) is 2.13. The van der Waals surface area contributed by atoms with E-state index in [9.17, 15) is 14.4 Å². The van der Waals surface area contributed by atoms with E-state index < -0.39 is 17.8 Å². The maximum Gasteiger partial charge on any atom is 0.303 e. The van der Waals surface area contributed by atoms with Crippen LogP contribution in [-0.4, -0.2) is 22.9 Å². The molecular weight excluding hydrogens is 238 g/mol. The summed E-state index contributed by atoms with van der Waals surface area (Å²) in [6.07, 6.45) is -0.320. The molecule has 1 aromatic rings. The minimum Gasteiger partial charge on any atom is -0.481 e. The number of amides is 2. The summed E-state index contributed by atoms with van der Waals surface area (Å²) in [5, 5.41) is 10.9. The summed E-state index contributed by atoms with van der Waals surface area (Å²) in [6.45, 7) is 0. The molecule has 7 nitrogen and oxygen atoms in total. The van der Waals surface area contributed by atoms with Gasteiger partial charge >= 0.3 is 5.97 Å². The monoisotopic (exact) mass is 251 g/mol. The maximum atomic E-state index is 11.3. The fourth-order valence-corrected chi connectivity index (χ4v) is 1.23. The predicted octanol–water partition coefficient (Wildman–Crippen LogP) is 0.0934. The van der Waals surface area contributed by atoms with Crippen molar-refractivity contribution in [2.45, 2.75) is 12.8 Å². The quantitative estimate of drug-likeness (QED) is 0.336. The van der Waals surface area contributed by atoms with Crippen molar-refractivity contribution in [3.05, 3.63) is 29.8 Å². The number of aliphatic carboxylic acids is 1. The van der Waals surface area contributed by atoms with Gasteiger partial charge in [0.25, 0.3) is 5.91 Å². The van der Waals surface area contributed by atoms with Crippen LogP contribution in [0.3, 0.4) is 0 Å². The van der Waals surface area contributed by atoms with Gasteiger partial charge < -0.3 is 10.4 Å². The van der Waals surface area contributed by atoms with Crippen LogP contribution in [0.1, 0.15) is 23.2 Å². The molecule has 0 aliphatic rings. The molecule has 0 aliphatic carbocycles. The molecule has 0 heterocycles. The molecule has 0 radical (unpaired) electrons. The Morgan fingerprint density at radius 2 is 1.72 bits per heavy atom. The molecule has 0 fully saturated rings. The fraction of sp³-hybridized carbons (Fsp3) is 0.182. The molecule has 2 amide bonds. The molecule has 96 valence electrons. The first kappa shape index (κ1) is 13.7. The van der Waals surface area contributed by atoms with Crippen molar-refractivity contribution in [1.29, 1.82) is 0 Å². The number of hydrogen-bond donors (Lipinski definition) is 4. The molecule has 0 aromatic heterocycles. The summed E-state index contributed by atoms with van der Waals surface area (Å²) in [6, 6.07) is 6.05. The molecule has 0 spiro atoms. The van der Waals surface area contributed by atoms with E-state index in [1.54, 1.807) is 0 Å². The third-order valence-corrected chi connectivity index (χ3v) is 2.13. The number of benzene rings is 1. The highest BCUT2D eigenvalue weighted by atomic mass is 16.4. The van der Waals surface area contributed by atoms with E-state index in [1.807, 2.05) is 5.43 Å². The van der Waals surface area contributed by atoms with Gasteiger partial charge in [-0.3, -0.25) is 19.8 Å². The van der Waals surface area contributed by atoms with Crippen LogP contribution in [0.15, 0.2) is 24.3 Å². The second-order valence-electron chi connectivity index (χ2n) is 3.49. The Morgan fingerprint density at radius 3 is 2.22 bits per heavy atom. The van der Waals surface area contributed by atoms with Crippen molar-refractivity contribution in [2.75, 3.05) is 5.32 Å². The molecule has 1 rings (SSSR count). The van der Waals surface area contributed by atoms with Crippen molar-refractivity contribution in [2.24, 2.45) is 5.84 Å². The number of carbonyl (C=O) groups is 3. The largest absolute Gasteiger partial charge is 0.481 e. The van der Waals surface area contributed by atoms with Gasteiger partial charge in [-0.05, 0) is 24.3 Å². The summed E-state index contributed by atoms with van der Waals surface area (Å²) < 4.78 is 0. The Bertz CT molecular complexity index is 456. The molecule has 7 heteroatoms. The summed E-state index contributed by atoms with van der Waals surface area (Å²) in [5.74, 6) is 3.11. The summed E-state index contributed by atoms with van der Waals surface area (Å²) in [4.78, 5) is 32.7. The Balaban J connectivity index is 2.55. The Hall–Kier alpha value is -2.41. The lowest BCUT2D eigenvalue weighted by molar-refractivity contribution is -0.138. The van der Waals surface area contributed by atoms with Crippen LogP contribution in [0.4, 0.5) is 5.69 Å². The summed E-state index contributed by atoms with van der Waals surface area (Å²) >= 11 is 0. The number of carboxylic acid groups (broad SMARTS) is 1. The van der Waals surface area contributed by atoms with Gasteiger partial charge in [-0.15, -0.1) is 0 Å². The lowest BCUT2D eigenvalue weighted by Gasteiger charge is -2.05. The van der Waals surface area contributed by atoms with Crippen LogP contribution in [0.25, 0.3) is 0 Å². The molecule has 18 heavy (non-hydrogen) atoms. The first-order valence-corrected chi connectivity index (χ1v) is 5.15. The molecular formula is C11H13N3O4. The second-order valence-corrected chi connectivity index (χ2v) is 3.49. The van der Waals surface area contributed by atoms with Crippen LogP contribution in [-0.2, 0) is 9.59 Å². The van der Waals surface area contributed by atoms with Gasteiger partial charge in [0.1, 0.15) is 0 Å². The zero-order valence-corrected chi connectivity index (χ0v) is 9.47. The maximum absolute atomic E-state index is 11.3. The Morgan fingerprint density at radius 1 is 1.11 bits per heavy atom. The summed E-state index contributed by atoms with van der Waals surface area (Å²) in [7, 11) is 0. The zero-order valence-electron chi connectivity index (χ0n) is 9.47. The molecule has 1 aromatic carbocycles. The lowest BCUT2D eigenvalue weighted by atomic mass is 10.2. The van der Waals surface area contributed by atoms with Gasteiger partial charge in [-0.25, -0.2) is 5.84 Å². The predicted molar refractivity (Wildman–Crippen MR) is 63.6 cm³/mol. The molecule has 0 atom stereocenters. The van der Waals surface area contributed by atoms with Crippen LogP contribution in [0, 0.1) is 0 Å². The summed E-state index contributed by atoms with van der Waals surface area (Å²) in [5.41, 5.74) is 2.83. The van der Waals surface area contributed by atoms with E-state index in [1.165, 1.54) is 24.3 Å². The Labute approximate surface area is 103 Å². The van der Waals surface area contributed by atoms with Gasteiger partial charge in [0, 0.05) is 17.7 Å². The fourth-order valence-electron chi connectivity index (χ4n) is 1.23. The minimum atomic E-state index is -1.03. The molecule has 0 aliphatic heterocycles. The number of anilines is 1. The van der Waals surface area contributed by atoms with E-state index in [0.29, 0.717) is 11.3 Å². The van der Waals surface area contributed by atoms with Crippen LogP contribution < -0.4 is 16.6 Å². The number of nitrogens with two attached hydrogens (primary N) is 1. The van der Waals surface area contributed by atoms with Crippen LogP contribution in [0.2, 0.25) is 0 Å². The first-order chi connectivity index (χ1) is 8.52.